The maximum absolute atomic E-state index is 4.59. The number of benzene rings is 1. The Balaban J connectivity index is 1.75. The van der Waals surface area contributed by atoms with E-state index in [-0.39, 0.29) is 0 Å². The van der Waals surface area contributed by atoms with Crippen molar-refractivity contribution in [2.75, 3.05) is 5.75 Å². The summed E-state index contributed by atoms with van der Waals surface area (Å²) in [6.45, 7) is 6.83. The predicted octanol–water partition coefficient (Wildman–Crippen LogP) is 7.57. The molecule has 0 amide bonds. The summed E-state index contributed by atoms with van der Waals surface area (Å²) in [5.74, 6) is 2.78. The monoisotopic (exact) mass is 384 g/mol. The van der Waals surface area contributed by atoms with E-state index < -0.39 is 0 Å². The van der Waals surface area contributed by atoms with Crippen LogP contribution >= 0.6 is 11.8 Å². The molecule has 1 unspecified atom stereocenters. The first-order chi connectivity index (χ1) is 13.2. The van der Waals surface area contributed by atoms with Crippen LogP contribution < -0.4 is 0 Å². The first kappa shape index (κ1) is 21.9. The lowest BCUT2D eigenvalue weighted by Crippen LogP contribution is -1.95. The fraction of sp³-hybridized carbons (Fsp3) is 0.583. The summed E-state index contributed by atoms with van der Waals surface area (Å²) in [4.78, 5) is 10.5. The Morgan fingerprint density at radius 1 is 0.852 bits per heavy atom. The second kappa shape index (κ2) is 12.9. The smallest absolute Gasteiger partial charge is 0.159 e. The lowest BCUT2D eigenvalue weighted by Gasteiger charge is -2.08. The largest absolute Gasteiger partial charge is 0.236 e. The molecule has 0 aliphatic heterocycles. The van der Waals surface area contributed by atoms with Crippen molar-refractivity contribution in [3.63, 3.8) is 0 Å². The van der Waals surface area contributed by atoms with Gasteiger partial charge in [-0.15, -0.1) is 11.8 Å². The summed E-state index contributed by atoms with van der Waals surface area (Å²) in [5, 5.41) is 0. The summed E-state index contributed by atoms with van der Waals surface area (Å²) in [7, 11) is 0. The molecular weight excluding hydrogens is 348 g/mol. The van der Waals surface area contributed by atoms with E-state index >= 15 is 0 Å². The van der Waals surface area contributed by atoms with Gasteiger partial charge in [-0.25, -0.2) is 9.97 Å². The van der Waals surface area contributed by atoms with E-state index in [0.717, 1.165) is 23.7 Å². The molecule has 0 aliphatic rings. The number of hydrogen-bond acceptors (Lipinski definition) is 3. The van der Waals surface area contributed by atoms with Gasteiger partial charge in [0.2, 0.25) is 0 Å². The highest BCUT2D eigenvalue weighted by molar-refractivity contribution is 7.99. The molecule has 1 aromatic carbocycles. The molecule has 2 aromatic rings. The second-order valence-corrected chi connectivity index (χ2v) is 8.73. The van der Waals surface area contributed by atoms with E-state index in [0.29, 0.717) is 0 Å². The highest BCUT2D eigenvalue weighted by Crippen LogP contribution is 2.24. The fourth-order valence-electron chi connectivity index (χ4n) is 2.98. The Labute approximate surface area is 170 Å². The molecule has 0 bridgehead atoms. The van der Waals surface area contributed by atoms with E-state index in [9.17, 15) is 0 Å². The zero-order valence-electron chi connectivity index (χ0n) is 17.4. The van der Waals surface area contributed by atoms with Gasteiger partial charge < -0.3 is 0 Å². The molecule has 0 saturated heterocycles. The minimum Gasteiger partial charge on any atom is -0.236 e. The van der Waals surface area contributed by atoms with Crippen LogP contribution in [0.25, 0.3) is 11.4 Å². The zero-order valence-corrected chi connectivity index (χ0v) is 18.2. The summed E-state index contributed by atoms with van der Waals surface area (Å²) in [6, 6.07) is 8.67. The predicted molar refractivity (Wildman–Crippen MR) is 119 cm³/mol. The number of aryl methyl sites for hydroxylation is 1. The van der Waals surface area contributed by atoms with Crippen LogP contribution in [0.4, 0.5) is 0 Å². The molecule has 0 radical (unpaired) electrons. The first-order valence-electron chi connectivity index (χ1n) is 10.8. The number of rotatable bonds is 13. The topological polar surface area (TPSA) is 25.8 Å². The van der Waals surface area contributed by atoms with Crippen LogP contribution in [0.2, 0.25) is 0 Å². The lowest BCUT2D eigenvalue weighted by molar-refractivity contribution is 0.589. The lowest BCUT2D eigenvalue weighted by atomic mass is 10.1. The van der Waals surface area contributed by atoms with Gasteiger partial charge >= 0.3 is 0 Å². The van der Waals surface area contributed by atoms with Crippen molar-refractivity contribution in [2.45, 2.75) is 83.5 Å². The molecule has 0 aliphatic carbocycles. The Morgan fingerprint density at radius 2 is 1.48 bits per heavy atom. The molecule has 2 rings (SSSR count). The fourth-order valence-corrected chi connectivity index (χ4v) is 4.02. The summed E-state index contributed by atoms with van der Waals surface area (Å²) in [5.41, 5.74) is 2.36. The molecule has 0 fully saturated rings. The van der Waals surface area contributed by atoms with E-state index in [1.54, 1.807) is 0 Å². The average Bonchev–Trinajstić information content (AvgIpc) is 2.72. The Kier molecular flexibility index (Phi) is 10.5. The third-order valence-corrected chi connectivity index (χ3v) is 6.46. The van der Waals surface area contributed by atoms with Crippen molar-refractivity contribution in [3.05, 3.63) is 42.2 Å². The summed E-state index contributed by atoms with van der Waals surface area (Å²) < 4.78 is 0. The van der Waals surface area contributed by atoms with Gasteiger partial charge in [-0.05, 0) is 36.5 Å². The van der Waals surface area contributed by atoms with E-state index in [2.05, 4.69) is 55.0 Å². The zero-order chi connectivity index (χ0) is 19.3. The van der Waals surface area contributed by atoms with Gasteiger partial charge in [0.15, 0.2) is 5.82 Å². The Hall–Kier alpha value is -1.35. The molecule has 0 spiro atoms. The van der Waals surface area contributed by atoms with Gasteiger partial charge in [0.05, 0.1) is 0 Å². The quantitative estimate of drug-likeness (QED) is 0.263. The van der Waals surface area contributed by atoms with Crippen LogP contribution in [0.3, 0.4) is 0 Å². The van der Waals surface area contributed by atoms with Gasteiger partial charge in [0.1, 0.15) is 0 Å². The highest BCUT2D eigenvalue weighted by atomic mass is 32.2. The van der Waals surface area contributed by atoms with E-state index in [1.165, 1.54) is 67.6 Å². The number of hydrogen-bond donors (Lipinski definition) is 0. The molecule has 27 heavy (non-hydrogen) atoms. The van der Waals surface area contributed by atoms with E-state index in [1.807, 2.05) is 24.2 Å². The van der Waals surface area contributed by atoms with Gasteiger partial charge in [0.25, 0.3) is 0 Å². The molecule has 1 atom stereocenters. The molecule has 1 heterocycles. The van der Waals surface area contributed by atoms with Crippen LogP contribution in [-0.4, -0.2) is 15.7 Å². The number of unbranched alkanes of at least 4 members (excludes halogenated alkanes) is 6. The third-order valence-electron chi connectivity index (χ3n) is 5.12. The van der Waals surface area contributed by atoms with Crippen LogP contribution in [0.15, 0.2) is 41.6 Å². The molecule has 148 valence electrons. The van der Waals surface area contributed by atoms with Gasteiger partial charge in [-0.3, -0.25) is 0 Å². The molecule has 3 heteroatoms. The minimum absolute atomic E-state index is 0.766. The van der Waals surface area contributed by atoms with Gasteiger partial charge in [-0.2, -0.15) is 0 Å². The number of nitrogens with zero attached hydrogens (tertiary/aromatic N) is 2. The third kappa shape index (κ3) is 8.47. The molecule has 0 N–H and O–H groups in total. The van der Waals surface area contributed by atoms with Gasteiger partial charge in [0, 0.05) is 28.6 Å². The Bertz CT molecular complexity index is 622. The standard InChI is InChI=1S/C24H36N2S/c1-4-6-7-8-9-10-11-12-21-17-25-24(26-18-21)22-13-15-23(16-14-22)27-19-20(3)5-2/h13-18,20H,4-12,19H2,1-3H3. The molecular formula is C24H36N2S. The van der Waals surface area contributed by atoms with Crippen molar-refractivity contribution in [1.29, 1.82) is 0 Å². The normalized spacial score (nSPS) is 12.3. The van der Waals surface area contributed by atoms with Crippen LogP contribution in [0.5, 0.6) is 0 Å². The molecule has 1 aromatic heterocycles. The maximum Gasteiger partial charge on any atom is 0.159 e. The Morgan fingerprint density at radius 3 is 2.11 bits per heavy atom. The summed E-state index contributed by atoms with van der Waals surface area (Å²) >= 11 is 1.94. The van der Waals surface area contributed by atoms with Crippen molar-refractivity contribution >= 4 is 11.8 Å². The number of aromatic nitrogens is 2. The van der Waals surface area contributed by atoms with Crippen LogP contribution in [-0.2, 0) is 6.42 Å². The van der Waals surface area contributed by atoms with Crippen molar-refractivity contribution in [2.24, 2.45) is 5.92 Å². The van der Waals surface area contributed by atoms with Crippen LogP contribution in [0.1, 0.15) is 77.7 Å². The van der Waals surface area contributed by atoms with E-state index in [4.69, 9.17) is 0 Å². The molecule has 0 saturated carbocycles. The maximum atomic E-state index is 4.59. The summed E-state index contributed by atoms with van der Waals surface area (Å²) in [6.07, 6.45) is 15.8. The second-order valence-electron chi connectivity index (χ2n) is 7.64. The van der Waals surface area contributed by atoms with Crippen LogP contribution in [0, 0.1) is 5.92 Å². The average molecular weight is 385 g/mol. The van der Waals surface area contributed by atoms with Crippen molar-refractivity contribution in [3.8, 4) is 11.4 Å². The van der Waals surface area contributed by atoms with Crippen molar-refractivity contribution < 1.29 is 0 Å². The first-order valence-corrected chi connectivity index (χ1v) is 11.8. The highest BCUT2D eigenvalue weighted by Gasteiger charge is 2.04. The SMILES string of the molecule is CCCCCCCCCc1cnc(-c2ccc(SCC(C)CC)cc2)nc1. The molecule has 2 nitrogen and oxygen atoms in total. The number of thioether (sulfide) groups is 1. The minimum atomic E-state index is 0.766. The van der Waals surface area contributed by atoms with Crippen molar-refractivity contribution in [1.82, 2.24) is 9.97 Å². The van der Waals surface area contributed by atoms with Gasteiger partial charge in [-0.1, -0.05) is 77.8 Å².